The fourth-order valence-corrected chi connectivity index (χ4v) is 3.04. The number of methoxy groups -OCH3 is 3. The van der Waals surface area contributed by atoms with Crippen molar-refractivity contribution in [3.8, 4) is 17.2 Å². The lowest BCUT2D eigenvalue weighted by molar-refractivity contribution is -0.119. The summed E-state index contributed by atoms with van der Waals surface area (Å²) in [6.07, 6.45) is 6.58. The number of nitrogens with one attached hydrogen (secondary N) is 1. The van der Waals surface area contributed by atoms with Gasteiger partial charge in [0.2, 0.25) is 11.7 Å². The van der Waals surface area contributed by atoms with Crippen molar-refractivity contribution in [1.82, 2.24) is 4.57 Å². The molecular weight excluding hydrogens is 340 g/mol. The van der Waals surface area contributed by atoms with Crippen LogP contribution < -0.4 is 19.5 Å². The van der Waals surface area contributed by atoms with Crippen LogP contribution in [0.5, 0.6) is 17.2 Å². The number of anilines is 1. The highest BCUT2D eigenvalue weighted by Crippen LogP contribution is 2.40. The summed E-state index contributed by atoms with van der Waals surface area (Å²) in [4.78, 5) is 12.8. The molecular formula is C18H24N2O4S. The quantitative estimate of drug-likeness (QED) is 0.738. The average Bonchev–Trinajstić information content (AvgIpc) is 3.15. The molecule has 0 radical (unpaired) electrons. The van der Waals surface area contributed by atoms with Crippen molar-refractivity contribution in [2.24, 2.45) is 0 Å². The molecule has 1 aromatic carbocycles. The third-order valence-corrected chi connectivity index (χ3v) is 4.46. The second kappa shape index (κ2) is 9.27. The molecule has 0 aliphatic heterocycles. The number of carbonyl (C=O) groups is 1. The minimum atomic E-state index is -0.276. The fourth-order valence-electron chi connectivity index (χ4n) is 2.58. The number of amides is 1. The Labute approximate surface area is 152 Å². The lowest BCUT2D eigenvalue weighted by atomic mass is 10.2. The zero-order chi connectivity index (χ0) is 18.2. The summed E-state index contributed by atoms with van der Waals surface area (Å²) in [5.74, 6) is 2.30. The van der Waals surface area contributed by atoms with E-state index in [0.29, 0.717) is 22.9 Å². The number of hydrogen-bond acceptors (Lipinski definition) is 5. The summed E-state index contributed by atoms with van der Waals surface area (Å²) in [5.41, 5.74) is 0.598. The zero-order valence-corrected chi connectivity index (χ0v) is 15.8. The second-order valence-electron chi connectivity index (χ2n) is 5.33. The van der Waals surface area contributed by atoms with E-state index in [1.807, 2.05) is 35.3 Å². The number of nitrogens with zero attached hydrogens (tertiary/aromatic N) is 1. The Morgan fingerprint density at radius 3 is 2.20 bits per heavy atom. The van der Waals surface area contributed by atoms with Gasteiger partial charge in [0.15, 0.2) is 11.5 Å². The maximum absolute atomic E-state index is 12.8. The normalized spacial score (nSPS) is 11.7. The number of thioether (sulfide) groups is 1. The molecule has 2 aromatic rings. The van der Waals surface area contributed by atoms with Crippen molar-refractivity contribution >= 4 is 23.4 Å². The van der Waals surface area contributed by atoms with Crippen molar-refractivity contribution in [2.45, 2.75) is 12.5 Å². The van der Waals surface area contributed by atoms with E-state index in [0.717, 1.165) is 12.2 Å². The first kappa shape index (κ1) is 19.1. The molecule has 1 aromatic heterocycles. The van der Waals surface area contributed by atoms with Gasteiger partial charge in [0, 0.05) is 30.2 Å². The second-order valence-corrected chi connectivity index (χ2v) is 6.32. The Kier molecular flexibility index (Phi) is 7.06. The maximum atomic E-state index is 12.8. The molecule has 136 valence electrons. The van der Waals surface area contributed by atoms with Crippen LogP contribution in [0.15, 0.2) is 36.7 Å². The summed E-state index contributed by atoms with van der Waals surface area (Å²) >= 11 is 1.72. The van der Waals surface area contributed by atoms with E-state index in [9.17, 15) is 4.79 Å². The Hall–Kier alpha value is -2.28. The van der Waals surface area contributed by atoms with Gasteiger partial charge in [0.05, 0.1) is 21.3 Å². The monoisotopic (exact) mass is 364 g/mol. The molecule has 0 aliphatic rings. The number of ether oxygens (including phenoxy) is 3. The van der Waals surface area contributed by atoms with Gasteiger partial charge in [-0.05, 0) is 30.6 Å². The average molecular weight is 364 g/mol. The van der Waals surface area contributed by atoms with Gasteiger partial charge in [-0.1, -0.05) is 0 Å². The van der Waals surface area contributed by atoms with Crippen molar-refractivity contribution in [3.05, 3.63) is 36.7 Å². The summed E-state index contributed by atoms with van der Waals surface area (Å²) in [7, 11) is 4.64. The molecule has 0 bridgehead atoms. The summed E-state index contributed by atoms with van der Waals surface area (Å²) < 4.78 is 17.9. The molecule has 1 N–H and O–H groups in total. The molecule has 0 saturated carbocycles. The molecule has 0 spiro atoms. The van der Waals surface area contributed by atoms with Crippen molar-refractivity contribution in [1.29, 1.82) is 0 Å². The Bertz CT molecular complexity index is 663. The van der Waals surface area contributed by atoms with Gasteiger partial charge in [-0.3, -0.25) is 4.79 Å². The minimum absolute atomic E-state index is 0.0838. The van der Waals surface area contributed by atoms with Crippen molar-refractivity contribution in [3.63, 3.8) is 0 Å². The molecule has 1 atom stereocenters. The lowest BCUT2D eigenvalue weighted by Crippen LogP contribution is -2.26. The first-order chi connectivity index (χ1) is 12.1. The Balaban J connectivity index is 2.25. The van der Waals surface area contributed by atoms with E-state index >= 15 is 0 Å². The van der Waals surface area contributed by atoms with Crippen LogP contribution >= 0.6 is 11.8 Å². The Morgan fingerprint density at radius 1 is 1.12 bits per heavy atom. The highest BCUT2D eigenvalue weighted by atomic mass is 32.2. The van der Waals surface area contributed by atoms with Gasteiger partial charge in [-0.2, -0.15) is 11.8 Å². The zero-order valence-electron chi connectivity index (χ0n) is 14.9. The molecule has 1 amide bonds. The van der Waals surface area contributed by atoms with E-state index in [1.165, 1.54) is 0 Å². The number of carbonyl (C=O) groups excluding carboxylic acids is 1. The van der Waals surface area contributed by atoms with Crippen molar-refractivity contribution < 1.29 is 19.0 Å². The van der Waals surface area contributed by atoms with E-state index in [1.54, 1.807) is 45.2 Å². The van der Waals surface area contributed by atoms with Gasteiger partial charge < -0.3 is 24.1 Å². The molecule has 2 rings (SSSR count). The highest BCUT2D eigenvalue weighted by Gasteiger charge is 2.21. The van der Waals surface area contributed by atoms with Crippen LogP contribution in [-0.4, -0.2) is 43.8 Å². The first-order valence-electron chi connectivity index (χ1n) is 7.86. The summed E-state index contributed by atoms with van der Waals surface area (Å²) in [6, 6.07) is 7.00. The molecule has 1 unspecified atom stereocenters. The van der Waals surface area contributed by atoms with E-state index in [-0.39, 0.29) is 11.9 Å². The lowest BCUT2D eigenvalue weighted by Gasteiger charge is -2.19. The summed E-state index contributed by atoms with van der Waals surface area (Å²) in [5, 5.41) is 2.96. The molecule has 0 fully saturated rings. The van der Waals surface area contributed by atoms with E-state index in [2.05, 4.69) is 5.32 Å². The van der Waals surface area contributed by atoms with Crippen LogP contribution in [0.2, 0.25) is 0 Å². The van der Waals surface area contributed by atoms with Crippen LogP contribution in [0.3, 0.4) is 0 Å². The van der Waals surface area contributed by atoms with Crippen LogP contribution in [0, 0.1) is 0 Å². The highest BCUT2D eigenvalue weighted by molar-refractivity contribution is 7.98. The number of hydrogen-bond donors (Lipinski definition) is 1. The standard InChI is InChI=1S/C18H24N2O4S/c1-22-15-11-13(12-16(23-2)17(15)24-3)19-18(21)14(7-10-25-4)20-8-5-6-9-20/h5-6,8-9,11-12,14H,7,10H2,1-4H3,(H,19,21). The molecule has 1 heterocycles. The molecule has 7 heteroatoms. The smallest absolute Gasteiger partial charge is 0.247 e. The van der Waals surface area contributed by atoms with Gasteiger partial charge in [-0.25, -0.2) is 0 Å². The van der Waals surface area contributed by atoms with Crippen LogP contribution in [-0.2, 0) is 4.79 Å². The van der Waals surface area contributed by atoms with Crippen LogP contribution in [0.25, 0.3) is 0 Å². The largest absolute Gasteiger partial charge is 0.493 e. The molecule has 6 nitrogen and oxygen atoms in total. The van der Waals surface area contributed by atoms with Crippen LogP contribution in [0.4, 0.5) is 5.69 Å². The predicted octanol–water partition coefficient (Wildman–Crippen LogP) is 3.45. The van der Waals surface area contributed by atoms with Gasteiger partial charge in [0.1, 0.15) is 6.04 Å². The molecule has 0 aliphatic carbocycles. The van der Waals surface area contributed by atoms with E-state index in [4.69, 9.17) is 14.2 Å². The topological polar surface area (TPSA) is 61.7 Å². The number of rotatable bonds is 9. The number of aromatic nitrogens is 1. The fraction of sp³-hybridized carbons (Fsp3) is 0.389. The third-order valence-electron chi connectivity index (χ3n) is 3.82. The summed E-state index contributed by atoms with van der Waals surface area (Å²) in [6.45, 7) is 0. The van der Waals surface area contributed by atoms with Gasteiger partial charge in [0.25, 0.3) is 0 Å². The minimum Gasteiger partial charge on any atom is -0.493 e. The van der Waals surface area contributed by atoms with Gasteiger partial charge >= 0.3 is 0 Å². The van der Waals surface area contributed by atoms with E-state index < -0.39 is 0 Å². The predicted molar refractivity (Wildman–Crippen MR) is 101 cm³/mol. The first-order valence-corrected chi connectivity index (χ1v) is 9.26. The molecule has 25 heavy (non-hydrogen) atoms. The maximum Gasteiger partial charge on any atom is 0.247 e. The third kappa shape index (κ3) is 4.63. The molecule has 0 saturated heterocycles. The Morgan fingerprint density at radius 2 is 1.72 bits per heavy atom. The number of benzene rings is 1. The van der Waals surface area contributed by atoms with Crippen molar-refractivity contribution in [2.75, 3.05) is 38.7 Å². The SMILES string of the molecule is COc1cc(NC(=O)C(CCSC)n2cccc2)cc(OC)c1OC. The van der Waals surface area contributed by atoms with Gasteiger partial charge in [-0.15, -0.1) is 0 Å². The van der Waals surface area contributed by atoms with Crippen LogP contribution in [0.1, 0.15) is 12.5 Å².